The highest BCUT2D eigenvalue weighted by Gasteiger charge is 2.31. The molecule has 28 heavy (non-hydrogen) atoms. The quantitative estimate of drug-likeness (QED) is 0.534. The van der Waals surface area contributed by atoms with Gasteiger partial charge in [-0.15, -0.1) is 12.4 Å². The lowest BCUT2D eigenvalue weighted by Gasteiger charge is -2.41. The van der Waals surface area contributed by atoms with E-state index >= 15 is 0 Å². The van der Waals surface area contributed by atoms with Crippen LogP contribution in [0.5, 0.6) is 0 Å². The number of piperazine rings is 1. The molecule has 1 aliphatic carbocycles. The van der Waals surface area contributed by atoms with Gasteiger partial charge in [-0.2, -0.15) is 0 Å². The van der Waals surface area contributed by atoms with E-state index in [0.29, 0.717) is 5.41 Å². The van der Waals surface area contributed by atoms with Gasteiger partial charge in [-0.1, -0.05) is 52.3 Å². The molecular formula is C25H43ClN2. The van der Waals surface area contributed by atoms with Crippen molar-refractivity contribution < 1.29 is 0 Å². The van der Waals surface area contributed by atoms with Crippen molar-refractivity contribution in [3.63, 3.8) is 0 Å². The summed E-state index contributed by atoms with van der Waals surface area (Å²) in [5.74, 6) is 1.65. The van der Waals surface area contributed by atoms with Crippen LogP contribution in [0.3, 0.4) is 0 Å². The third-order valence-electron chi connectivity index (χ3n) is 7.31. The van der Waals surface area contributed by atoms with Gasteiger partial charge in [0.25, 0.3) is 0 Å². The lowest BCUT2D eigenvalue weighted by Crippen LogP contribution is -2.49. The summed E-state index contributed by atoms with van der Waals surface area (Å²) in [5.41, 5.74) is 3.62. The van der Waals surface area contributed by atoms with Gasteiger partial charge in [0.15, 0.2) is 0 Å². The number of benzene rings is 1. The van der Waals surface area contributed by atoms with E-state index in [1.54, 1.807) is 5.56 Å². The van der Waals surface area contributed by atoms with Gasteiger partial charge in [0.1, 0.15) is 0 Å². The first kappa shape index (κ1) is 23.5. The van der Waals surface area contributed by atoms with E-state index in [0.717, 1.165) is 17.9 Å². The number of rotatable bonds is 5. The van der Waals surface area contributed by atoms with Crippen LogP contribution < -0.4 is 4.90 Å². The molecular weight excluding hydrogens is 364 g/mol. The molecule has 1 saturated heterocycles. The molecule has 0 radical (unpaired) electrons. The molecule has 0 amide bonds. The second-order valence-corrected chi connectivity index (χ2v) is 10.1. The number of halogens is 1. The molecule has 1 unspecified atom stereocenters. The summed E-state index contributed by atoms with van der Waals surface area (Å²) in [5, 5.41) is 0. The molecule has 160 valence electrons. The molecule has 0 spiro atoms. The highest BCUT2D eigenvalue weighted by Crippen LogP contribution is 2.45. The Labute approximate surface area is 180 Å². The Balaban J connectivity index is 0.00000280. The zero-order valence-electron chi connectivity index (χ0n) is 18.9. The number of hydrogen-bond acceptors (Lipinski definition) is 2. The summed E-state index contributed by atoms with van der Waals surface area (Å²) in [6.45, 7) is 16.8. The largest absolute Gasteiger partial charge is 0.369 e. The van der Waals surface area contributed by atoms with Crippen molar-refractivity contribution in [1.82, 2.24) is 4.90 Å². The maximum atomic E-state index is 2.69. The van der Waals surface area contributed by atoms with Gasteiger partial charge >= 0.3 is 0 Å². The van der Waals surface area contributed by atoms with Gasteiger partial charge in [0.05, 0.1) is 0 Å². The SMILES string of the molecule is CCCC(C)N1CCN(c2ccccc2C2CCC(C(C)(C)C)CC2)CC1.Cl. The van der Waals surface area contributed by atoms with Gasteiger partial charge in [-0.05, 0) is 67.9 Å². The van der Waals surface area contributed by atoms with Crippen LogP contribution in [-0.2, 0) is 0 Å². The Morgan fingerprint density at radius 3 is 2.14 bits per heavy atom. The van der Waals surface area contributed by atoms with Crippen LogP contribution >= 0.6 is 12.4 Å². The van der Waals surface area contributed by atoms with Crippen molar-refractivity contribution in [1.29, 1.82) is 0 Å². The summed E-state index contributed by atoms with van der Waals surface area (Å²) in [7, 11) is 0. The van der Waals surface area contributed by atoms with Crippen LogP contribution in [0.15, 0.2) is 24.3 Å². The minimum atomic E-state index is 0. The Morgan fingerprint density at radius 2 is 1.57 bits per heavy atom. The summed E-state index contributed by atoms with van der Waals surface area (Å²) >= 11 is 0. The van der Waals surface area contributed by atoms with Crippen molar-refractivity contribution in [2.75, 3.05) is 31.1 Å². The first-order chi connectivity index (χ1) is 12.9. The number of hydrogen-bond donors (Lipinski definition) is 0. The van der Waals surface area contributed by atoms with Crippen molar-refractivity contribution in [2.24, 2.45) is 11.3 Å². The average Bonchev–Trinajstić information content (AvgIpc) is 2.68. The van der Waals surface area contributed by atoms with Crippen LogP contribution in [0.2, 0.25) is 0 Å². The Kier molecular flexibility index (Phi) is 8.70. The molecule has 2 nitrogen and oxygen atoms in total. The third-order valence-corrected chi connectivity index (χ3v) is 7.31. The molecule has 1 atom stereocenters. The second kappa shape index (κ2) is 10.3. The molecule has 2 aliphatic rings. The van der Waals surface area contributed by atoms with E-state index in [1.165, 1.54) is 70.4 Å². The minimum absolute atomic E-state index is 0. The standard InChI is InChI=1S/C25H42N2.ClH/c1-6-9-20(2)26-16-18-27(19-17-26)24-11-8-7-10-23(24)21-12-14-22(15-13-21)25(3,4)5;/h7-8,10-11,20-22H,6,9,12-19H2,1-5H3;1H. The molecule has 1 aromatic rings. The summed E-state index contributed by atoms with van der Waals surface area (Å²) < 4.78 is 0. The molecule has 2 fully saturated rings. The normalized spacial score (nSPS) is 25.2. The van der Waals surface area contributed by atoms with Crippen molar-refractivity contribution in [2.45, 2.75) is 85.1 Å². The minimum Gasteiger partial charge on any atom is -0.369 e. The van der Waals surface area contributed by atoms with Gasteiger partial charge < -0.3 is 4.90 Å². The van der Waals surface area contributed by atoms with E-state index in [-0.39, 0.29) is 12.4 Å². The number of nitrogens with zero attached hydrogens (tertiary/aromatic N) is 2. The lowest BCUT2D eigenvalue weighted by atomic mass is 9.68. The number of para-hydroxylation sites is 1. The second-order valence-electron chi connectivity index (χ2n) is 10.1. The van der Waals surface area contributed by atoms with E-state index in [9.17, 15) is 0 Å². The third kappa shape index (κ3) is 5.66. The maximum absolute atomic E-state index is 2.69. The van der Waals surface area contributed by atoms with Gasteiger partial charge in [-0.25, -0.2) is 0 Å². The first-order valence-electron chi connectivity index (χ1n) is 11.5. The van der Waals surface area contributed by atoms with Crippen LogP contribution in [0.25, 0.3) is 0 Å². The van der Waals surface area contributed by atoms with Crippen LogP contribution in [0, 0.1) is 11.3 Å². The van der Waals surface area contributed by atoms with Gasteiger partial charge in [-0.3, -0.25) is 4.90 Å². The highest BCUT2D eigenvalue weighted by molar-refractivity contribution is 5.85. The van der Waals surface area contributed by atoms with Crippen LogP contribution in [0.1, 0.15) is 84.6 Å². The molecule has 3 heteroatoms. The summed E-state index contributed by atoms with van der Waals surface area (Å²) in [6.07, 6.45) is 8.14. The Morgan fingerprint density at radius 1 is 0.964 bits per heavy atom. The fourth-order valence-electron chi connectivity index (χ4n) is 5.40. The van der Waals surface area contributed by atoms with Crippen molar-refractivity contribution in [3.05, 3.63) is 29.8 Å². The van der Waals surface area contributed by atoms with E-state index in [2.05, 4.69) is 68.7 Å². The first-order valence-corrected chi connectivity index (χ1v) is 11.5. The van der Waals surface area contributed by atoms with E-state index in [1.807, 2.05) is 0 Å². The molecule has 1 saturated carbocycles. The van der Waals surface area contributed by atoms with Gasteiger partial charge in [0.2, 0.25) is 0 Å². The van der Waals surface area contributed by atoms with Gasteiger partial charge in [0, 0.05) is 37.9 Å². The zero-order valence-corrected chi connectivity index (χ0v) is 19.7. The average molecular weight is 407 g/mol. The molecule has 1 heterocycles. The topological polar surface area (TPSA) is 6.48 Å². The molecule has 0 aromatic heterocycles. The Hall–Kier alpha value is -0.730. The fourth-order valence-corrected chi connectivity index (χ4v) is 5.40. The predicted octanol–water partition coefficient (Wildman–Crippen LogP) is 6.74. The fraction of sp³-hybridized carbons (Fsp3) is 0.760. The number of anilines is 1. The smallest absolute Gasteiger partial charge is 0.0402 e. The molecule has 0 N–H and O–H groups in total. The molecule has 0 bridgehead atoms. The van der Waals surface area contributed by atoms with E-state index in [4.69, 9.17) is 0 Å². The highest BCUT2D eigenvalue weighted by atomic mass is 35.5. The lowest BCUT2D eigenvalue weighted by molar-refractivity contribution is 0.169. The van der Waals surface area contributed by atoms with Crippen LogP contribution in [0.4, 0.5) is 5.69 Å². The Bertz CT molecular complexity index is 578. The molecule has 1 aliphatic heterocycles. The maximum Gasteiger partial charge on any atom is 0.0402 e. The molecule has 1 aromatic carbocycles. The monoisotopic (exact) mass is 406 g/mol. The van der Waals surface area contributed by atoms with E-state index < -0.39 is 0 Å². The van der Waals surface area contributed by atoms with Crippen LogP contribution in [-0.4, -0.2) is 37.1 Å². The summed E-state index contributed by atoms with van der Waals surface area (Å²) in [4.78, 5) is 5.36. The predicted molar refractivity (Wildman–Crippen MR) is 126 cm³/mol. The van der Waals surface area contributed by atoms with Crippen molar-refractivity contribution >= 4 is 18.1 Å². The zero-order chi connectivity index (χ0) is 19.4. The summed E-state index contributed by atoms with van der Waals surface area (Å²) in [6, 6.07) is 10.0. The van der Waals surface area contributed by atoms with Crippen molar-refractivity contribution in [3.8, 4) is 0 Å². The molecule has 3 rings (SSSR count).